The molecule has 20 heavy (non-hydrogen) atoms. The zero-order valence-corrected chi connectivity index (χ0v) is 11.4. The van der Waals surface area contributed by atoms with Gasteiger partial charge in [-0.15, -0.1) is 0 Å². The minimum absolute atomic E-state index is 0.205. The summed E-state index contributed by atoms with van der Waals surface area (Å²) in [6.07, 6.45) is 1.14. The molecule has 2 aromatic carbocycles. The molecule has 4 nitrogen and oxygen atoms in total. The van der Waals surface area contributed by atoms with Crippen LogP contribution in [-0.4, -0.2) is 24.6 Å². The number of benzene rings is 2. The molecule has 3 rings (SSSR count). The SMILES string of the molecule is CS(=O)(=O)c1cccc(-c2nc3c(F)cccc3[nH]2)c1. The second-order valence-corrected chi connectivity index (χ2v) is 6.54. The Hall–Kier alpha value is -2.21. The largest absolute Gasteiger partial charge is 0.338 e. The Morgan fingerprint density at radius 1 is 1.15 bits per heavy atom. The summed E-state index contributed by atoms with van der Waals surface area (Å²) in [6, 6.07) is 11.0. The summed E-state index contributed by atoms with van der Waals surface area (Å²) in [6.45, 7) is 0. The lowest BCUT2D eigenvalue weighted by Gasteiger charge is -2.00. The summed E-state index contributed by atoms with van der Waals surface area (Å²) in [5, 5.41) is 0. The van der Waals surface area contributed by atoms with Crippen molar-refractivity contribution in [3.63, 3.8) is 0 Å². The Morgan fingerprint density at radius 2 is 1.90 bits per heavy atom. The summed E-state index contributed by atoms with van der Waals surface area (Å²) in [4.78, 5) is 7.37. The van der Waals surface area contributed by atoms with E-state index >= 15 is 0 Å². The Labute approximate surface area is 115 Å². The Kier molecular flexibility index (Phi) is 2.83. The molecule has 3 aromatic rings. The first-order valence-corrected chi connectivity index (χ1v) is 7.79. The Balaban J connectivity index is 2.19. The normalized spacial score (nSPS) is 11.9. The van der Waals surface area contributed by atoms with Crippen LogP contribution in [-0.2, 0) is 9.84 Å². The third-order valence-electron chi connectivity index (χ3n) is 3.00. The number of H-pyrrole nitrogens is 1. The maximum Gasteiger partial charge on any atom is 0.175 e. The molecule has 0 atom stereocenters. The predicted molar refractivity (Wildman–Crippen MR) is 74.6 cm³/mol. The van der Waals surface area contributed by atoms with E-state index in [4.69, 9.17) is 0 Å². The van der Waals surface area contributed by atoms with Crippen LogP contribution in [0, 0.1) is 5.82 Å². The number of rotatable bonds is 2. The van der Waals surface area contributed by atoms with Crippen LogP contribution in [0.3, 0.4) is 0 Å². The molecule has 0 amide bonds. The molecule has 1 aromatic heterocycles. The van der Waals surface area contributed by atoms with Crippen molar-refractivity contribution in [3.05, 3.63) is 48.3 Å². The van der Waals surface area contributed by atoms with Crippen molar-refractivity contribution in [1.29, 1.82) is 0 Å². The molecule has 6 heteroatoms. The molecule has 0 fully saturated rings. The van der Waals surface area contributed by atoms with Gasteiger partial charge in [-0.05, 0) is 24.3 Å². The molecule has 0 aliphatic carbocycles. The van der Waals surface area contributed by atoms with Crippen molar-refractivity contribution >= 4 is 20.9 Å². The highest BCUT2D eigenvalue weighted by molar-refractivity contribution is 7.90. The molecule has 0 saturated heterocycles. The van der Waals surface area contributed by atoms with Crippen molar-refractivity contribution in [2.24, 2.45) is 0 Å². The van der Waals surface area contributed by atoms with Gasteiger partial charge in [0.25, 0.3) is 0 Å². The molecule has 0 spiro atoms. The molecule has 0 aliphatic heterocycles. The lowest BCUT2D eigenvalue weighted by atomic mass is 10.2. The molecular weight excluding hydrogens is 279 g/mol. The summed E-state index contributed by atoms with van der Waals surface area (Å²) in [5.41, 5.74) is 1.42. The van der Waals surface area contributed by atoms with Crippen LogP contribution in [0.25, 0.3) is 22.4 Å². The topological polar surface area (TPSA) is 62.8 Å². The lowest BCUT2D eigenvalue weighted by molar-refractivity contribution is 0.602. The first-order chi connectivity index (χ1) is 9.45. The van der Waals surface area contributed by atoms with E-state index in [1.807, 2.05) is 0 Å². The minimum atomic E-state index is -3.29. The van der Waals surface area contributed by atoms with Gasteiger partial charge >= 0.3 is 0 Å². The summed E-state index contributed by atoms with van der Waals surface area (Å²) >= 11 is 0. The van der Waals surface area contributed by atoms with Crippen molar-refractivity contribution in [2.45, 2.75) is 4.90 Å². The molecule has 0 bridgehead atoms. The van der Waals surface area contributed by atoms with Crippen LogP contribution < -0.4 is 0 Å². The monoisotopic (exact) mass is 290 g/mol. The highest BCUT2D eigenvalue weighted by atomic mass is 32.2. The standard InChI is InChI=1S/C14H11FN2O2S/c1-20(18,19)10-5-2-4-9(8-10)14-16-12-7-3-6-11(15)13(12)17-14/h2-8H,1H3,(H,16,17). The number of fused-ring (bicyclic) bond motifs is 1. The number of nitrogens with zero attached hydrogens (tertiary/aromatic N) is 1. The van der Waals surface area contributed by atoms with Gasteiger partial charge in [0.2, 0.25) is 0 Å². The van der Waals surface area contributed by atoms with Crippen LogP contribution in [0.4, 0.5) is 4.39 Å². The number of sulfone groups is 1. The smallest absolute Gasteiger partial charge is 0.175 e. The summed E-state index contributed by atoms with van der Waals surface area (Å²) < 4.78 is 36.7. The highest BCUT2D eigenvalue weighted by Gasteiger charge is 2.12. The van der Waals surface area contributed by atoms with Gasteiger partial charge in [0.15, 0.2) is 15.7 Å². The minimum Gasteiger partial charge on any atom is -0.338 e. The summed E-state index contributed by atoms with van der Waals surface area (Å²) in [7, 11) is -3.29. The van der Waals surface area contributed by atoms with E-state index in [2.05, 4.69) is 9.97 Å². The van der Waals surface area contributed by atoms with Gasteiger partial charge in [0, 0.05) is 11.8 Å². The van der Waals surface area contributed by atoms with E-state index in [1.165, 1.54) is 18.2 Å². The quantitative estimate of drug-likeness (QED) is 0.789. The van der Waals surface area contributed by atoms with Crippen LogP contribution >= 0.6 is 0 Å². The number of nitrogens with one attached hydrogen (secondary N) is 1. The van der Waals surface area contributed by atoms with E-state index in [0.29, 0.717) is 16.9 Å². The molecule has 102 valence electrons. The van der Waals surface area contributed by atoms with Crippen LogP contribution in [0.15, 0.2) is 47.4 Å². The van der Waals surface area contributed by atoms with Gasteiger partial charge < -0.3 is 4.98 Å². The van der Waals surface area contributed by atoms with E-state index in [-0.39, 0.29) is 10.4 Å². The molecular formula is C14H11FN2O2S. The fraction of sp³-hybridized carbons (Fsp3) is 0.0714. The Morgan fingerprint density at radius 3 is 2.60 bits per heavy atom. The Bertz CT molecular complexity index is 900. The first-order valence-electron chi connectivity index (χ1n) is 5.90. The number of aromatic amines is 1. The van der Waals surface area contributed by atoms with Crippen LogP contribution in [0.2, 0.25) is 0 Å². The molecule has 0 unspecified atom stereocenters. The fourth-order valence-electron chi connectivity index (χ4n) is 2.01. The van der Waals surface area contributed by atoms with Gasteiger partial charge in [0.05, 0.1) is 10.4 Å². The predicted octanol–water partition coefficient (Wildman–Crippen LogP) is 2.77. The maximum atomic E-state index is 13.6. The van der Waals surface area contributed by atoms with Crippen molar-refractivity contribution in [2.75, 3.05) is 6.26 Å². The second kappa shape index (κ2) is 4.42. The van der Waals surface area contributed by atoms with Gasteiger partial charge in [-0.1, -0.05) is 18.2 Å². The third kappa shape index (κ3) is 2.18. The third-order valence-corrected chi connectivity index (χ3v) is 4.11. The number of imidazole rings is 1. The zero-order valence-electron chi connectivity index (χ0n) is 10.6. The van der Waals surface area contributed by atoms with Crippen LogP contribution in [0.1, 0.15) is 0 Å². The number of aromatic nitrogens is 2. The van der Waals surface area contributed by atoms with E-state index in [9.17, 15) is 12.8 Å². The van der Waals surface area contributed by atoms with Crippen molar-refractivity contribution in [1.82, 2.24) is 9.97 Å². The average molecular weight is 290 g/mol. The zero-order chi connectivity index (χ0) is 14.3. The number of hydrogen-bond donors (Lipinski definition) is 1. The average Bonchev–Trinajstić information content (AvgIpc) is 2.83. The van der Waals surface area contributed by atoms with Gasteiger partial charge in [-0.2, -0.15) is 0 Å². The number of halogens is 1. The van der Waals surface area contributed by atoms with Gasteiger partial charge in [-0.25, -0.2) is 17.8 Å². The van der Waals surface area contributed by atoms with Crippen molar-refractivity contribution in [3.8, 4) is 11.4 Å². The van der Waals surface area contributed by atoms with Crippen molar-refractivity contribution < 1.29 is 12.8 Å². The van der Waals surface area contributed by atoms with Gasteiger partial charge in [-0.3, -0.25) is 0 Å². The van der Waals surface area contributed by atoms with E-state index < -0.39 is 15.7 Å². The highest BCUT2D eigenvalue weighted by Crippen LogP contribution is 2.24. The number of para-hydroxylation sites is 1. The number of hydrogen-bond acceptors (Lipinski definition) is 3. The van der Waals surface area contributed by atoms with E-state index in [1.54, 1.807) is 24.3 Å². The van der Waals surface area contributed by atoms with Gasteiger partial charge in [0.1, 0.15) is 11.3 Å². The molecule has 0 aliphatic rings. The molecule has 1 N–H and O–H groups in total. The second-order valence-electron chi connectivity index (χ2n) is 4.52. The molecule has 1 heterocycles. The maximum absolute atomic E-state index is 13.6. The van der Waals surface area contributed by atoms with E-state index in [0.717, 1.165) is 6.26 Å². The fourth-order valence-corrected chi connectivity index (χ4v) is 2.67. The summed E-state index contributed by atoms with van der Waals surface area (Å²) in [5.74, 6) is 0.0277. The molecule has 0 radical (unpaired) electrons. The first kappa shape index (κ1) is 12.8. The lowest BCUT2D eigenvalue weighted by Crippen LogP contribution is -1.97. The van der Waals surface area contributed by atoms with Crippen LogP contribution in [0.5, 0.6) is 0 Å². The molecule has 0 saturated carbocycles.